The van der Waals surface area contributed by atoms with E-state index in [0.717, 1.165) is 25.0 Å². The topological polar surface area (TPSA) is 46.2 Å². The molecule has 1 aliphatic rings. The molecule has 3 rings (SSSR count). The van der Waals surface area contributed by atoms with Crippen molar-refractivity contribution in [2.75, 3.05) is 5.75 Å². The molecule has 0 saturated heterocycles. The van der Waals surface area contributed by atoms with Gasteiger partial charge in [0.25, 0.3) is 0 Å². The van der Waals surface area contributed by atoms with Gasteiger partial charge in [0.1, 0.15) is 0 Å². The molecule has 1 N–H and O–H groups in total. The average Bonchev–Trinajstić information content (AvgIpc) is 2.79. The second kappa shape index (κ2) is 8.11. The van der Waals surface area contributed by atoms with Crippen molar-refractivity contribution < 1.29 is 21.6 Å². The van der Waals surface area contributed by atoms with Crippen LogP contribution in [-0.4, -0.2) is 19.7 Å². The van der Waals surface area contributed by atoms with E-state index in [-0.39, 0.29) is 10.6 Å². The molecular weight excluding hydrogens is 399 g/mol. The first kappa shape index (κ1) is 21.8. The fraction of sp³-hybridized carbons (Fsp3) is 0.455. The maximum atomic E-state index is 13.2. The predicted molar refractivity (Wildman–Crippen MR) is 107 cm³/mol. The van der Waals surface area contributed by atoms with Gasteiger partial charge in [0, 0.05) is 5.54 Å². The fourth-order valence-electron chi connectivity index (χ4n) is 4.04. The van der Waals surface area contributed by atoms with Crippen molar-refractivity contribution in [3.8, 4) is 0 Å². The quantitative estimate of drug-likeness (QED) is 0.687. The molecular formula is C22H26F3NO2S. The van der Waals surface area contributed by atoms with Gasteiger partial charge in [-0.2, -0.15) is 13.2 Å². The van der Waals surface area contributed by atoms with Gasteiger partial charge < -0.3 is 0 Å². The Hall–Kier alpha value is -1.86. The van der Waals surface area contributed by atoms with Gasteiger partial charge in [-0.15, -0.1) is 0 Å². The van der Waals surface area contributed by atoms with Gasteiger partial charge in [0.05, 0.1) is 22.3 Å². The summed E-state index contributed by atoms with van der Waals surface area (Å²) >= 11 is 0. The van der Waals surface area contributed by atoms with E-state index in [1.165, 1.54) is 12.1 Å². The molecule has 2 aromatic carbocycles. The minimum Gasteiger partial charge on any atom is -0.300 e. The molecule has 0 saturated carbocycles. The number of nitrogens with one attached hydrogen (secondary N) is 1. The number of fused-ring (bicyclic) bond motifs is 1. The first-order valence-corrected chi connectivity index (χ1v) is 11.5. The van der Waals surface area contributed by atoms with Crippen molar-refractivity contribution in [2.24, 2.45) is 0 Å². The zero-order valence-electron chi connectivity index (χ0n) is 16.6. The summed E-state index contributed by atoms with van der Waals surface area (Å²) in [6.45, 7) is 4.01. The summed E-state index contributed by atoms with van der Waals surface area (Å²) in [4.78, 5) is 0.254. The Bertz CT molecular complexity index is 955. The number of rotatable bonds is 5. The van der Waals surface area contributed by atoms with Crippen molar-refractivity contribution in [3.63, 3.8) is 0 Å². The molecule has 0 fully saturated rings. The van der Waals surface area contributed by atoms with E-state index >= 15 is 0 Å². The summed E-state index contributed by atoms with van der Waals surface area (Å²) in [6, 6.07) is 11.3. The molecule has 0 amide bonds. The third kappa shape index (κ3) is 4.51. The average molecular weight is 426 g/mol. The van der Waals surface area contributed by atoms with Gasteiger partial charge in [0.2, 0.25) is 0 Å². The van der Waals surface area contributed by atoms with Crippen LogP contribution in [0.5, 0.6) is 0 Å². The highest BCUT2D eigenvalue weighted by Crippen LogP contribution is 2.38. The number of unbranched alkanes of at least 4 members (excludes halogenated alkanes) is 1. The largest absolute Gasteiger partial charge is 0.416 e. The molecule has 0 bridgehead atoms. The van der Waals surface area contributed by atoms with Crippen LogP contribution in [0, 0.1) is 0 Å². The summed E-state index contributed by atoms with van der Waals surface area (Å²) < 4.78 is 65.4. The van der Waals surface area contributed by atoms with Gasteiger partial charge in [-0.3, -0.25) is 5.32 Å². The van der Waals surface area contributed by atoms with Crippen molar-refractivity contribution in [2.45, 2.75) is 62.2 Å². The summed E-state index contributed by atoms with van der Waals surface area (Å²) in [7, 11) is -3.54. The van der Waals surface area contributed by atoms with Crippen LogP contribution in [0.25, 0.3) is 0 Å². The minimum atomic E-state index is -4.41. The molecule has 2 aromatic rings. The number of sulfone groups is 1. The van der Waals surface area contributed by atoms with Crippen molar-refractivity contribution in [3.05, 3.63) is 65.2 Å². The summed E-state index contributed by atoms with van der Waals surface area (Å²) in [5, 5.41) is 3.54. The highest BCUT2D eigenvalue weighted by molar-refractivity contribution is 7.91. The SMILES string of the molecule is CCCCC1(CC)CS(=O)(=O)c2ccccc2C(c2ccc(C(F)(F)F)cc2)N1. The maximum absolute atomic E-state index is 13.2. The molecule has 158 valence electrons. The van der Waals surface area contributed by atoms with E-state index in [2.05, 4.69) is 12.2 Å². The molecule has 2 atom stereocenters. The molecule has 7 heteroatoms. The van der Waals surface area contributed by atoms with Crippen LogP contribution in [0.2, 0.25) is 0 Å². The van der Waals surface area contributed by atoms with Crippen molar-refractivity contribution in [1.82, 2.24) is 5.32 Å². The molecule has 0 aromatic heterocycles. The van der Waals surface area contributed by atoms with Crippen molar-refractivity contribution in [1.29, 1.82) is 0 Å². The van der Waals surface area contributed by atoms with Gasteiger partial charge in [-0.05, 0) is 42.2 Å². The zero-order valence-corrected chi connectivity index (χ0v) is 17.4. The Morgan fingerprint density at radius 1 is 1.07 bits per heavy atom. The molecule has 1 heterocycles. The van der Waals surface area contributed by atoms with Crippen molar-refractivity contribution >= 4 is 9.84 Å². The third-order valence-electron chi connectivity index (χ3n) is 5.74. The Balaban J connectivity index is 2.14. The van der Waals surface area contributed by atoms with E-state index in [0.29, 0.717) is 24.0 Å². The van der Waals surface area contributed by atoms with Crippen LogP contribution in [0.1, 0.15) is 62.3 Å². The van der Waals surface area contributed by atoms with E-state index in [1.54, 1.807) is 24.3 Å². The lowest BCUT2D eigenvalue weighted by atomic mass is 9.88. The number of hydrogen-bond acceptors (Lipinski definition) is 3. The lowest BCUT2D eigenvalue weighted by molar-refractivity contribution is -0.137. The Labute approximate surface area is 170 Å². The highest BCUT2D eigenvalue weighted by Gasteiger charge is 2.41. The molecule has 1 aliphatic heterocycles. The number of alkyl halides is 3. The molecule has 0 spiro atoms. The Morgan fingerprint density at radius 2 is 1.72 bits per heavy atom. The fourth-order valence-corrected chi connectivity index (χ4v) is 6.18. The monoisotopic (exact) mass is 425 g/mol. The van der Waals surface area contributed by atoms with Gasteiger partial charge in [-0.25, -0.2) is 8.42 Å². The van der Waals surface area contributed by atoms with E-state index < -0.39 is 33.2 Å². The van der Waals surface area contributed by atoms with E-state index in [4.69, 9.17) is 0 Å². The number of hydrogen-bond donors (Lipinski definition) is 1. The summed E-state index contributed by atoms with van der Waals surface area (Å²) in [6.07, 6.45) is -1.32. The summed E-state index contributed by atoms with van der Waals surface area (Å²) in [5.41, 5.74) is -0.152. The van der Waals surface area contributed by atoms with Crippen LogP contribution in [-0.2, 0) is 16.0 Å². The smallest absolute Gasteiger partial charge is 0.300 e. The Kier molecular flexibility index (Phi) is 6.11. The van der Waals surface area contributed by atoms with E-state index in [9.17, 15) is 21.6 Å². The molecule has 3 nitrogen and oxygen atoms in total. The molecule has 0 aliphatic carbocycles. The standard InChI is InChI=1S/C22H26F3NO2S/c1-3-5-14-21(4-2)15-29(27,28)19-9-7-6-8-18(19)20(26-21)16-10-12-17(13-11-16)22(23,24)25/h6-13,20,26H,3-5,14-15H2,1-2H3. The lowest BCUT2D eigenvalue weighted by Crippen LogP contribution is -2.50. The van der Waals surface area contributed by atoms with Crippen LogP contribution in [0.3, 0.4) is 0 Å². The third-order valence-corrected chi connectivity index (χ3v) is 7.71. The van der Waals surface area contributed by atoms with Crippen LogP contribution in [0.4, 0.5) is 13.2 Å². The van der Waals surface area contributed by atoms with E-state index in [1.807, 2.05) is 6.92 Å². The Morgan fingerprint density at radius 3 is 2.31 bits per heavy atom. The number of benzene rings is 2. The number of halogens is 3. The zero-order chi connectivity index (χ0) is 21.3. The van der Waals surface area contributed by atoms with Gasteiger partial charge >= 0.3 is 6.18 Å². The lowest BCUT2D eigenvalue weighted by Gasteiger charge is -2.36. The molecule has 29 heavy (non-hydrogen) atoms. The first-order valence-electron chi connectivity index (χ1n) is 9.88. The van der Waals surface area contributed by atoms with Gasteiger partial charge in [-0.1, -0.05) is 57.0 Å². The molecule has 2 unspecified atom stereocenters. The normalized spacial score (nSPS) is 24.0. The predicted octanol–water partition coefficient (Wildman–Crippen LogP) is 5.51. The summed E-state index contributed by atoms with van der Waals surface area (Å²) in [5.74, 6) is -0.0232. The van der Waals surface area contributed by atoms with Gasteiger partial charge in [0.15, 0.2) is 9.84 Å². The van der Waals surface area contributed by atoms with Crippen LogP contribution in [0.15, 0.2) is 53.4 Å². The molecule has 0 radical (unpaired) electrons. The first-order chi connectivity index (χ1) is 13.6. The maximum Gasteiger partial charge on any atom is 0.416 e. The minimum absolute atomic E-state index is 0.0232. The highest BCUT2D eigenvalue weighted by atomic mass is 32.2. The van der Waals surface area contributed by atoms with Crippen LogP contribution < -0.4 is 5.32 Å². The van der Waals surface area contributed by atoms with Crippen LogP contribution >= 0.6 is 0 Å². The second-order valence-corrected chi connectivity index (χ2v) is 9.69. The second-order valence-electron chi connectivity index (χ2n) is 7.73.